The number of carbonyl (C=O) groups is 2. The number of halogens is 3. The fraction of sp³-hybridized carbons (Fsp3) is 0.417. The first-order valence-electron chi connectivity index (χ1n) is 11.4. The molecule has 0 saturated heterocycles. The molecule has 1 aromatic carbocycles. The van der Waals surface area contributed by atoms with Crippen LogP contribution in [0.25, 0.3) is 11.0 Å². The Morgan fingerprint density at radius 1 is 1.22 bits per heavy atom. The number of nitrogens with zero attached hydrogens (tertiary/aromatic N) is 4. The van der Waals surface area contributed by atoms with Crippen molar-refractivity contribution in [3.05, 3.63) is 47.8 Å². The lowest BCUT2D eigenvalue weighted by molar-refractivity contribution is -0.153. The molecule has 200 valence electrons. The predicted molar refractivity (Wildman–Crippen MR) is 130 cm³/mol. The largest absolute Gasteiger partial charge is 0.609 e. The highest BCUT2D eigenvalue weighted by Gasteiger charge is 2.33. The van der Waals surface area contributed by atoms with Crippen LogP contribution < -0.4 is 4.74 Å². The molecular formula is C24H27F3N4O5S. The molecule has 9 nitrogen and oxygen atoms in total. The van der Waals surface area contributed by atoms with E-state index in [1.807, 2.05) is 0 Å². The Labute approximate surface area is 214 Å². The van der Waals surface area contributed by atoms with Gasteiger partial charge in [0.2, 0.25) is 0 Å². The highest BCUT2D eigenvalue weighted by atomic mass is 32.2. The fourth-order valence-corrected chi connectivity index (χ4v) is 4.74. The Morgan fingerprint density at radius 2 is 1.92 bits per heavy atom. The van der Waals surface area contributed by atoms with Crippen LogP contribution >= 0.6 is 0 Å². The minimum atomic E-state index is -4.52. The molecule has 0 aliphatic carbocycles. The predicted octanol–water partition coefficient (Wildman–Crippen LogP) is 4.23. The Balaban J connectivity index is 1.97. The van der Waals surface area contributed by atoms with Crippen molar-refractivity contribution in [2.45, 2.75) is 50.8 Å². The van der Waals surface area contributed by atoms with Gasteiger partial charge in [-0.05, 0) is 45.9 Å². The van der Waals surface area contributed by atoms with Crippen molar-refractivity contribution < 1.29 is 36.8 Å². The first-order valence-corrected chi connectivity index (χ1v) is 12.7. The average Bonchev–Trinajstić information content (AvgIpc) is 3.22. The summed E-state index contributed by atoms with van der Waals surface area (Å²) in [6.45, 7) is 4.99. The third-order valence-electron chi connectivity index (χ3n) is 5.32. The summed E-state index contributed by atoms with van der Waals surface area (Å²) in [5.74, 6) is -0.859. The summed E-state index contributed by atoms with van der Waals surface area (Å²) in [5, 5.41) is -0.0801. The molecule has 2 heterocycles. The molecule has 0 radical (unpaired) electrons. The van der Waals surface area contributed by atoms with Crippen LogP contribution in [-0.4, -0.2) is 68.0 Å². The zero-order chi connectivity index (χ0) is 27.3. The number of rotatable bonds is 9. The smallest absolute Gasteiger partial charge is 0.422 e. The Hall–Kier alpha value is -3.32. The molecule has 37 heavy (non-hydrogen) atoms. The summed E-state index contributed by atoms with van der Waals surface area (Å²) in [7, 11) is 0. The van der Waals surface area contributed by atoms with E-state index in [-0.39, 0.29) is 35.5 Å². The first kappa shape index (κ1) is 28.3. The van der Waals surface area contributed by atoms with E-state index in [1.165, 1.54) is 28.7 Å². The molecule has 0 bridgehead atoms. The lowest BCUT2D eigenvalue weighted by Crippen LogP contribution is -2.44. The third-order valence-corrected chi connectivity index (χ3v) is 6.53. The number of hydrogen-bond donors (Lipinski definition) is 0. The van der Waals surface area contributed by atoms with Gasteiger partial charge in [-0.2, -0.15) is 18.2 Å². The molecule has 2 aromatic heterocycles. The van der Waals surface area contributed by atoms with Crippen LogP contribution in [0.15, 0.2) is 41.7 Å². The van der Waals surface area contributed by atoms with Gasteiger partial charge in [-0.15, -0.1) is 0 Å². The molecule has 13 heteroatoms. The SMILES string of the molecule is CCOC(=O)CN(C(=O)n1c([S+]([O-])Cc2nccc(OCC(F)(F)F)c2C)nc2ccccc21)C(C)C. The molecule has 0 spiro atoms. The molecule has 0 aliphatic rings. The normalized spacial score (nSPS) is 12.6. The zero-order valence-electron chi connectivity index (χ0n) is 20.7. The minimum Gasteiger partial charge on any atom is -0.609 e. The Kier molecular flexibility index (Phi) is 9.02. The number of para-hydroxylation sites is 2. The van der Waals surface area contributed by atoms with E-state index in [2.05, 4.69) is 9.97 Å². The summed E-state index contributed by atoms with van der Waals surface area (Å²) >= 11 is -1.94. The van der Waals surface area contributed by atoms with Crippen LogP contribution in [0.4, 0.5) is 18.0 Å². The molecule has 1 unspecified atom stereocenters. The van der Waals surface area contributed by atoms with Gasteiger partial charge < -0.3 is 18.9 Å². The quantitative estimate of drug-likeness (QED) is 0.295. The second-order valence-corrected chi connectivity index (χ2v) is 9.65. The standard InChI is InChI=1S/C24H27F3N4O5S/c1-5-35-21(32)12-30(15(2)3)23(33)31-19-9-7-6-8-17(19)29-22(31)37(34)13-18-16(4)20(10-11-28-18)36-14-24(25,26)27/h6-11,15H,5,12-14H2,1-4H3. The van der Waals surface area contributed by atoms with Crippen molar-refractivity contribution in [1.29, 1.82) is 0 Å². The lowest BCUT2D eigenvalue weighted by atomic mass is 10.2. The number of amides is 1. The second-order valence-electron chi connectivity index (χ2n) is 8.30. The summed E-state index contributed by atoms with van der Waals surface area (Å²) in [6.07, 6.45) is -3.25. The highest BCUT2D eigenvalue weighted by Crippen LogP contribution is 2.27. The van der Waals surface area contributed by atoms with E-state index in [0.717, 1.165) is 0 Å². The lowest BCUT2D eigenvalue weighted by Gasteiger charge is -2.26. The van der Waals surface area contributed by atoms with E-state index >= 15 is 0 Å². The number of imidazole rings is 1. The molecule has 3 rings (SSSR count). The number of alkyl halides is 3. The van der Waals surface area contributed by atoms with Crippen molar-refractivity contribution in [1.82, 2.24) is 19.4 Å². The third kappa shape index (κ3) is 6.92. The van der Waals surface area contributed by atoms with Crippen LogP contribution in [0, 0.1) is 6.92 Å². The van der Waals surface area contributed by atoms with Crippen LogP contribution in [-0.2, 0) is 26.5 Å². The van der Waals surface area contributed by atoms with Gasteiger partial charge in [0, 0.05) is 29.0 Å². The van der Waals surface area contributed by atoms with Crippen LogP contribution in [0.2, 0.25) is 0 Å². The molecule has 0 N–H and O–H groups in total. The molecular weight excluding hydrogens is 513 g/mol. The first-order chi connectivity index (χ1) is 17.4. The number of benzene rings is 1. The van der Waals surface area contributed by atoms with Crippen molar-refractivity contribution in [3.63, 3.8) is 0 Å². The maximum Gasteiger partial charge on any atom is 0.422 e. The summed E-state index contributed by atoms with van der Waals surface area (Å²) < 4.78 is 62.4. The van der Waals surface area contributed by atoms with Gasteiger partial charge in [0.25, 0.3) is 0 Å². The van der Waals surface area contributed by atoms with Gasteiger partial charge in [-0.25, -0.2) is 9.36 Å². The van der Waals surface area contributed by atoms with Crippen LogP contribution in [0.5, 0.6) is 5.75 Å². The molecule has 1 amide bonds. The van der Waals surface area contributed by atoms with Gasteiger partial charge in [0.15, 0.2) is 12.4 Å². The number of hydrogen-bond acceptors (Lipinski definition) is 7. The molecule has 0 aliphatic heterocycles. The molecule has 0 saturated carbocycles. The van der Waals surface area contributed by atoms with E-state index < -0.39 is 42.0 Å². The van der Waals surface area contributed by atoms with Crippen molar-refractivity contribution in [2.75, 3.05) is 19.8 Å². The summed E-state index contributed by atoms with van der Waals surface area (Å²) in [6, 6.07) is 6.97. The molecule has 0 fully saturated rings. The van der Waals surface area contributed by atoms with Crippen molar-refractivity contribution >= 4 is 34.2 Å². The number of ether oxygens (including phenoxy) is 2. The van der Waals surface area contributed by atoms with E-state index in [9.17, 15) is 27.3 Å². The van der Waals surface area contributed by atoms with E-state index in [4.69, 9.17) is 9.47 Å². The van der Waals surface area contributed by atoms with Crippen molar-refractivity contribution in [3.8, 4) is 5.75 Å². The number of pyridine rings is 1. The van der Waals surface area contributed by atoms with Gasteiger partial charge in [-0.3, -0.25) is 9.78 Å². The second kappa shape index (κ2) is 11.8. The number of carbonyl (C=O) groups excluding carboxylic acids is 2. The van der Waals surface area contributed by atoms with Crippen LogP contribution in [0.3, 0.4) is 0 Å². The summed E-state index contributed by atoms with van der Waals surface area (Å²) in [4.78, 5) is 35.6. The monoisotopic (exact) mass is 540 g/mol. The van der Waals surface area contributed by atoms with Crippen molar-refractivity contribution in [2.24, 2.45) is 0 Å². The summed E-state index contributed by atoms with van der Waals surface area (Å²) in [5.41, 5.74) is 1.32. The highest BCUT2D eigenvalue weighted by molar-refractivity contribution is 7.90. The minimum absolute atomic E-state index is 0.0377. The molecule has 3 aromatic rings. The van der Waals surface area contributed by atoms with Gasteiger partial charge in [0.05, 0.1) is 23.3 Å². The zero-order valence-corrected chi connectivity index (χ0v) is 21.6. The number of fused-ring (bicyclic) bond motifs is 1. The van der Waals surface area contributed by atoms with Gasteiger partial charge >= 0.3 is 23.3 Å². The van der Waals surface area contributed by atoms with Crippen LogP contribution in [0.1, 0.15) is 32.0 Å². The average molecular weight is 541 g/mol. The maximum absolute atomic E-state index is 13.6. The fourth-order valence-electron chi connectivity index (χ4n) is 3.50. The maximum atomic E-state index is 13.6. The number of aromatic nitrogens is 3. The number of esters is 1. The Bertz CT molecular complexity index is 1260. The van der Waals surface area contributed by atoms with E-state index in [0.29, 0.717) is 16.6 Å². The van der Waals surface area contributed by atoms with Gasteiger partial charge in [-0.1, -0.05) is 12.1 Å². The van der Waals surface area contributed by atoms with Gasteiger partial charge in [0.1, 0.15) is 12.3 Å². The van der Waals surface area contributed by atoms with E-state index in [1.54, 1.807) is 45.0 Å². The molecule has 1 atom stereocenters. The topological polar surface area (TPSA) is 110 Å². The Morgan fingerprint density at radius 3 is 2.57 bits per heavy atom.